The number of para-hydroxylation sites is 1. The molecule has 0 bridgehead atoms. The van der Waals surface area contributed by atoms with Crippen molar-refractivity contribution in [3.63, 3.8) is 0 Å². The van der Waals surface area contributed by atoms with Gasteiger partial charge in [0.1, 0.15) is 0 Å². The lowest BCUT2D eigenvalue weighted by molar-refractivity contribution is 1.43. The van der Waals surface area contributed by atoms with Crippen molar-refractivity contribution in [1.29, 1.82) is 0 Å². The van der Waals surface area contributed by atoms with Crippen molar-refractivity contribution >= 4 is 36.0 Å². The van der Waals surface area contributed by atoms with E-state index < -0.39 is 0 Å². The van der Waals surface area contributed by atoms with Gasteiger partial charge in [-0.25, -0.2) is 0 Å². The van der Waals surface area contributed by atoms with Crippen LogP contribution in [0.15, 0.2) is 89.8 Å². The van der Waals surface area contributed by atoms with Crippen LogP contribution in [0.5, 0.6) is 0 Å². The summed E-state index contributed by atoms with van der Waals surface area (Å²) >= 11 is 1.86. The highest BCUT2D eigenvalue weighted by Crippen LogP contribution is 2.36. The Hall–Kier alpha value is -1.76. The zero-order valence-corrected chi connectivity index (χ0v) is 14.6. The minimum Gasteiger partial charge on any atom is -0.398 e. The molecular weight excluding hydrogens is 317 g/mol. The highest BCUT2D eigenvalue weighted by molar-refractivity contribution is 8.00. The average Bonchev–Trinajstić information content (AvgIpc) is 2.62. The summed E-state index contributed by atoms with van der Waals surface area (Å²) in [5.74, 6) is 1.07. The van der Waals surface area contributed by atoms with Crippen molar-refractivity contribution in [2.24, 2.45) is 0 Å². The molecule has 0 saturated heterocycles. The molecular formula is C20H20NPS. The zero-order chi connectivity index (χ0) is 15.9. The Balaban J connectivity index is 1.74. The molecule has 3 aromatic carbocycles. The fraction of sp³-hybridized carbons (Fsp3) is 0.100. The molecule has 3 rings (SSSR count). The Morgan fingerprint density at radius 3 is 1.78 bits per heavy atom. The molecule has 0 saturated carbocycles. The Morgan fingerprint density at radius 1 is 0.696 bits per heavy atom. The van der Waals surface area contributed by atoms with Gasteiger partial charge in [-0.2, -0.15) is 0 Å². The molecule has 0 spiro atoms. The van der Waals surface area contributed by atoms with Crippen molar-refractivity contribution in [2.75, 3.05) is 17.6 Å². The second-order valence-electron chi connectivity index (χ2n) is 5.21. The van der Waals surface area contributed by atoms with Gasteiger partial charge in [0, 0.05) is 16.3 Å². The molecule has 0 fully saturated rings. The zero-order valence-electron chi connectivity index (χ0n) is 12.9. The van der Waals surface area contributed by atoms with Crippen LogP contribution in [0.1, 0.15) is 0 Å². The molecule has 0 aliphatic rings. The Labute approximate surface area is 143 Å². The van der Waals surface area contributed by atoms with Crippen LogP contribution in [0.3, 0.4) is 0 Å². The van der Waals surface area contributed by atoms with Gasteiger partial charge in [-0.3, -0.25) is 0 Å². The lowest BCUT2D eigenvalue weighted by atomic mass is 10.3. The number of hydrogen-bond donors (Lipinski definition) is 1. The van der Waals surface area contributed by atoms with E-state index in [9.17, 15) is 0 Å². The van der Waals surface area contributed by atoms with Crippen molar-refractivity contribution in [3.8, 4) is 0 Å². The van der Waals surface area contributed by atoms with Gasteiger partial charge in [0.15, 0.2) is 0 Å². The summed E-state index contributed by atoms with van der Waals surface area (Å²) in [6.45, 7) is 0. The number of thioether (sulfide) groups is 1. The van der Waals surface area contributed by atoms with Gasteiger partial charge in [0.05, 0.1) is 0 Å². The summed E-state index contributed by atoms with van der Waals surface area (Å²) in [5.41, 5.74) is 6.92. The predicted octanol–water partition coefficient (Wildman–Crippen LogP) is 4.49. The summed E-state index contributed by atoms with van der Waals surface area (Å²) in [6.07, 6.45) is 1.16. The highest BCUT2D eigenvalue weighted by Gasteiger charge is 2.13. The van der Waals surface area contributed by atoms with E-state index in [1.165, 1.54) is 15.5 Å². The molecule has 0 aliphatic carbocycles. The summed E-state index contributed by atoms with van der Waals surface area (Å²) in [5, 5.41) is 2.88. The first-order valence-corrected chi connectivity index (χ1v) is 10.2. The van der Waals surface area contributed by atoms with E-state index in [0.717, 1.165) is 17.6 Å². The van der Waals surface area contributed by atoms with Crippen LogP contribution in [0.4, 0.5) is 5.69 Å². The van der Waals surface area contributed by atoms with E-state index in [0.29, 0.717) is 0 Å². The molecule has 116 valence electrons. The summed E-state index contributed by atoms with van der Waals surface area (Å²) in [7, 11) is -0.318. The van der Waals surface area contributed by atoms with Crippen LogP contribution in [0.25, 0.3) is 0 Å². The molecule has 0 unspecified atom stereocenters. The Bertz CT molecular complexity index is 691. The largest absolute Gasteiger partial charge is 0.398 e. The normalized spacial score (nSPS) is 10.8. The van der Waals surface area contributed by atoms with Gasteiger partial charge in [0.2, 0.25) is 0 Å². The van der Waals surface area contributed by atoms with Crippen LogP contribution < -0.4 is 16.3 Å². The standard InChI is InChI=1S/C20H20NPS/c21-19-13-7-8-14-20(19)23-16-15-22(17-9-3-1-4-10-17)18-11-5-2-6-12-18/h1-14H,15-16,21H2. The van der Waals surface area contributed by atoms with Crippen LogP contribution in [-0.2, 0) is 0 Å². The van der Waals surface area contributed by atoms with E-state index in [1.54, 1.807) is 0 Å². The second-order valence-corrected chi connectivity index (χ2v) is 8.68. The Kier molecular flexibility index (Phi) is 5.74. The number of nitrogens with two attached hydrogens (primary N) is 1. The summed E-state index contributed by atoms with van der Waals surface area (Å²) in [4.78, 5) is 1.18. The van der Waals surface area contributed by atoms with Crippen LogP contribution in [0.2, 0.25) is 0 Å². The van der Waals surface area contributed by atoms with Gasteiger partial charge >= 0.3 is 0 Å². The maximum Gasteiger partial charge on any atom is 0.0452 e. The molecule has 0 radical (unpaired) electrons. The average molecular weight is 337 g/mol. The van der Waals surface area contributed by atoms with Crippen LogP contribution in [-0.4, -0.2) is 11.9 Å². The molecule has 0 aromatic heterocycles. The third kappa shape index (κ3) is 4.37. The molecule has 0 atom stereocenters. The molecule has 3 aromatic rings. The summed E-state index contributed by atoms with van der Waals surface area (Å²) < 4.78 is 0. The quantitative estimate of drug-likeness (QED) is 0.407. The highest BCUT2D eigenvalue weighted by atomic mass is 32.2. The van der Waals surface area contributed by atoms with Gasteiger partial charge in [-0.05, 0) is 36.8 Å². The van der Waals surface area contributed by atoms with Crippen molar-refractivity contribution in [2.45, 2.75) is 4.90 Å². The number of nitrogen functional groups attached to an aromatic ring is 1. The van der Waals surface area contributed by atoms with Gasteiger partial charge < -0.3 is 5.73 Å². The number of hydrogen-bond acceptors (Lipinski definition) is 2. The fourth-order valence-electron chi connectivity index (χ4n) is 2.48. The lowest BCUT2D eigenvalue weighted by Gasteiger charge is -2.18. The van der Waals surface area contributed by atoms with E-state index >= 15 is 0 Å². The molecule has 3 heteroatoms. The maximum atomic E-state index is 6.04. The fourth-order valence-corrected chi connectivity index (χ4v) is 6.09. The van der Waals surface area contributed by atoms with Gasteiger partial charge in [0.25, 0.3) is 0 Å². The number of rotatable bonds is 6. The van der Waals surface area contributed by atoms with Crippen molar-refractivity contribution in [1.82, 2.24) is 0 Å². The number of benzene rings is 3. The van der Waals surface area contributed by atoms with Crippen LogP contribution in [0, 0.1) is 0 Å². The molecule has 0 aliphatic heterocycles. The van der Waals surface area contributed by atoms with E-state index in [4.69, 9.17) is 5.73 Å². The van der Waals surface area contributed by atoms with Crippen LogP contribution >= 0.6 is 19.7 Å². The molecule has 1 nitrogen and oxygen atoms in total. The monoisotopic (exact) mass is 337 g/mol. The molecule has 23 heavy (non-hydrogen) atoms. The minimum absolute atomic E-state index is 0.318. The number of anilines is 1. The van der Waals surface area contributed by atoms with Gasteiger partial charge in [-0.1, -0.05) is 72.8 Å². The molecule has 0 heterocycles. The summed E-state index contributed by atoms with van der Waals surface area (Å²) in [6, 6.07) is 29.8. The first-order chi connectivity index (χ1) is 11.3. The molecule has 2 N–H and O–H groups in total. The third-order valence-electron chi connectivity index (χ3n) is 3.63. The SMILES string of the molecule is Nc1ccccc1SCCP(c1ccccc1)c1ccccc1. The van der Waals surface area contributed by atoms with Crippen molar-refractivity contribution < 1.29 is 0 Å². The van der Waals surface area contributed by atoms with E-state index in [2.05, 4.69) is 72.8 Å². The van der Waals surface area contributed by atoms with Crippen molar-refractivity contribution in [3.05, 3.63) is 84.9 Å². The predicted molar refractivity (Wildman–Crippen MR) is 106 cm³/mol. The van der Waals surface area contributed by atoms with E-state index in [-0.39, 0.29) is 7.92 Å². The minimum atomic E-state index is -0.318. The smallest absolute Gasteiger partial charge is 0.0452 e. The topological polar surface area (TPSA) is 26.0 Å². The third-order valence-corrected chi connectivity index (χ3v) is 7.53. The first kappa shape index (κ1) is 16.1. The molecule has 0 amide bonds. The first-order valence-electron chi connectivity index (χ1n) is 7.69. The second kappa shape index (κ2) is 8.19. The van der Waals surface area contributed by atoms with E-state index in [1.807, 2.05) is 23.9 Å². The maximum absolute atomic E-state index is 6.04. The van der Waals surface area contributed by atoms with Gasteiger partial charge in [-0.15, -0.1) is 11.8 Å². The Morgan fingerprint density at radius 2 is 1.22 bits per heavy atom. The lowest BCUT2D eigenvalue weighted by Crippen LogP contribution is -2.14.